The molecule has 39 heavy (non-hydrogen) atoms. The fourth-order valence-electron chi connectivity index (χ4n) is 4.71. The molecule has 3 aromatic heterocycles. The average molecular weight is 519 g/mol. The summed E-state index contributed by atoms with van der Waals surface area (Å²) in [4.78, 5) is 20.6. The molecule has 3 heterocycles. The standard InChI is InChI=1S/C31H26N4O4/c1-19-28(34-26-5-3-4-25(33-26)23-12-15-27(38-2)32-18-23)29(39-35-19)22-8-6-20(7-9-22)21-10-13-24(14-11-21)31(16-17-31)30(36)37/h3-15,18H,16-17H2,1-2H3,(H,33,34)(H,36,37). The van der Waals surface area contributed by atoms with Crippen molar-refractivity contribution in [3.63, 3.8) is 0 Å². The Bertz CT molecular complexity index is 1640. The van der Waals surface area contributed by atoms with Gasteiger partial charge in [0.25, 0.3) is 0 Å². The lowest BCUT2D eigenvalue weighted by molar-refractivity contribution is -0.140. The van der Waals surface area contributed by atoms with Gasteiger partial charge in [-0.25, -0.2) is 9.97 Å². The van der Waals surface area contributed by atoms with Crippen LogP contribution in [0.4, 0.5) is 11.5 Å². The second-order valence-corrected chi connectivity index (χ2v) is 9.64. The highest BCUT2D eigenvalue weighted by Gasteiger charge is 2.51. The maximum absolute atomic E-state index is 11.6. The van der Waals surface area contributed by atoms with E-state index in [1.807, 2.05) is 79.7 Å². The number of aromatic nitrogens is 3. The summed E-state index contributed by atoms with van der Waals surface area (Å²) in [6.45, 7) is 1.88. The van der Waals surface area contributed by atoms with Gasteiger partial charge < -0.3 is 19.7 Å². The zero-order valence-corrected chi connectivity index (χ0v) is 21.5. The van der Waals surface area contributed by atoms with E-state index < -0.39 is 11.4 Å². The van der Waals surface area contributed by atoms with E-state index in [4.69, 9.17) is 14.2 Å². The second kappa shape index (κ2) is 9.72. The summed E-state index contributed by atoms with van der Waals surface area (Å²) in [7, 11) is 1.58. The first-order valence-electron chi connectivity index (χ1n) is 12.6. The van der Waals surface area contributed by atoms with Crippen LogP contribution in [0.5, 0.6) is 5.88 Å². The van der Waals surface area contributed by atoms with E-state index in [0.717, 1.165) is 44.9 Å². The van der Waals surface area contributed by atoms with Crippen LogP contribution in [0, 0.1) is 6.92 Å². The number of rotatable bonds is 8. The average Bonchev–Trinajstić information content (AvgIpc) is 3.73. The lowest BCUT2D eigenvalue weighted by atomic mass is 9.93. The van der Waals surface area contributed by atoms with E-state index in [1.54, 1.807) is 19.4 Å². The van der Waals surface area contributed by atoms with E-state index in [9.17, 15) is 9.90 Å². The molecule has 1 aliphatic carbocycles. The fraction of sp³-hybridized carbons (Fsp3) is 0.161. The number of aliphatic carboxylic acids is 1. The molecule has 0 bridgehead atoms. The Morgan fingerprint density at radius 3 is 2.21 bits per heavy atom. The minimum absolute atomic E-state index is 0.547. The number of nitrogens with zero attached hydrogens (tertiary/aromatic N) is 3. The molecule has 5 aromatic rings. The molecule has 0 amide bonds. The van der Waals surface area contributed by atoms with Crippen molar-refractivity contribution in [3.05, 3.63) is 96.3 Å². The van der Waals surface area contributed by atoms with Gasteiger partial charge in [0.1, 0.15) is 17.2 Å². The molecule has 194 valence electrons. The van der Waals surface area contributed by atoms with Gasteiger partial charge in [0.05, 0.1) is 18.2 Å². The van der Waals surface area contributed by atoms with Crippen molar-refractivity contribution >= 4 is 17.5 Å². The second-order valence-electron chi connectivity index (χ2n) is 9.64. The number of carbonyl (C=O) groups is 1. The van der Waals surface area contributed by atoms with Crippen LogP contribution in [-0.4, -0.2) is 33.3 Å². The van der Waals surface area contributed by atoms with Gasteiger partial charge in [0, 0.05) is 23.4 Å². The quantitative estimate of drug-likeness (QED) is 0.235. The van der Waals surface area contributed by atoms with Crippen molar-refractivity contribution in [2.45, 2.75) is 25.2 Å². The summed E-state index contributed by atoms with van der Waals surface area (Å²) in [5, 5.41) is 17.1. The SMILES string of the molecule is COc1ccc(-c2cccc(Nc3c(C)noc3-c3ccc(-c4ccc(C5(C(=O)O)CC5)cc4)cc3)n2)cn1. The summed E-state index contributed by atoms with van der Waals surface area (Å²) in [6.07, 6.45) is 3.12. The molecule has 0 radical (unpaired) electrons. The number of hydrogen-bond acceptors (Lipinski definition) is 7. The summed E-state index contributed by atoms with van der Waals surface area (Å²) in [5.74, 6) is 1.07. The molecule has 0 spiro atoms. The molecule has 6 rings (SSSR count). The van der Waals surface area contributed by atoms with Crippen LogP contribution in [-0.2, 0) is 10.2 Å². The van der Waals surface area contributed by atoms with E-state index in [0.29, 0.717) is 30.3 Å². The highest BCUT2D eigenvalue weighted by molar-refractivity contribution is 5.85. The molecular weight excluding hydrogens is 492 g/mol. The number of hydrogen-bond donors (Lipinski definition) is 2. The van der Waals surface area contributed by atoms with Gasteiger partial charge >= 0.3 is 5.97 Å². The maximum Gasteiger partial charge on any atom is 0.314 e. The predicted molar refractivity (Wildman–Crippen MR) is 148 cm³/mol. The molecule has 0 aliphatic heterocycles. The number of carboxylic acid groups (broad SMARTS) is 1. The number of methoxy groups -OCH3 is 1. The van der Waals surface area contributed by atoms with Crippen LogP contribution in [0.3, 0.4) is 0 Å². The summed E-state index contributed by atoms with van der Waals surface area (Å²) < 4.78 is 10.8. The van der Waals surface area contributed by atoms with Gasteiger partial charge in [-0.15, -0.1) is 0 Å². The highest BCUT2D eigenvalue weighted by atomic mass is 16.5. The van der Waals surface area contributed by atoms with Crippen molar-refractivity contribution in [2.24, 2.45) is 0 Å². The molecule has 2 N–H and O–H groups in total. The van der Waals surface area contributed by atoms with E-state index in [2.05, 4.69) is 15.5 Å². The van der Waals surface area contributed by atoms with Crippen LogP contribution >= 0.6 is 0 Å². The Balaban J connectivity index is 1.23. The molecule has 1 aliphatic rings. The van der Waals surface area contributed by atoms with Gasteiger partial charge in [0.15, 0.2) is 5.76 Å². The number of nitrogens with one attached hydrogen (secondary N) is 1. The van der Waals surface area contributed by atoms with Crippen LogP contribution in [0.25, 0.3) is 33.7 Å². The normalized spacial score (nSPS) is 13.6. The van der Waals surface area contributed by atoms with Crippen molar-refractivity contribution in [2.75, 3.05) is 12.4 Å². The van der Waals surface area contributed by atoms with Crippen molar-refractivity contribution in [3.8, 4) is 39.6 Å². The molecule has 8 heteroatoms. The number of aryl methyl sites for hydroxylation is 1. The molecule has 0 saturated heterocycles. The third-order valence-corrected chi connectivity index (χ3v) is 7.18. The highest BCUT2D eigenvalue weighted by Crippen LogP contribution is 2.48. The Morgan fingerprint density at radius 2 is 1.59 bits per heavy atom. The van der Waals surface area contributed by atoms with Crippen molar-refractivity contribution in [1.82, 2.24) is 15.1 Å². The van der Waals surface area contributed by atoms with E-state index in [1.165, 1.54) is 0 Å². The molecular formula is C31H26N4O4. The van der Waals surface area contributed by atoms with Gasteiger partial charge in [0.2, 0.25) is 5.88 Å². The molecule has 0 unspecified atom stereocenters. The predicted octanol–water partition coefficient (Wildman–Crippen LogP) is 6.64. The Labute approximate surface area is 225 Å². The van der Waals surface area contributed by atoms with Crippen molar-refractivity contribution < 1.29 is 19.2 Å². The first kappa shape index (κ1) is 24.4. The van der Waals surface area contributed by atoms with Gasteiger partial charge in [-0.1, -0.05) is 59.8 Å². The lowest BCUT2D eigenvalue weighted by Crippen LogP contribution is -2.19. The number of anilines is 2. The Morgan fingerprint density at radius 1 is 0.923 bits per heavy atom. The van der Waals surface area contributed by atoms with Gasteiger partial charge in [-0.2, -0.15) is 0 Å². The maximum atomic E-state index is 11.6. The van der Waals surface area contributed by atoms with E-state index in [-0.39, 0.29) is 0 Å². The molecule has 8 nitrogen and oxygen atoms in total. The van der Waals surface area contributed by atoms with Crippen molar-refractivity contribution in [1.29, 1.82) is 0 Å². The molecule has 0 atom stereocenters. The fourth-order valence-corrected chi connectivity index (χ4v) is 4.71. The number of carboxylic acids is 1. The van der Waals surface area contributed by atoms with E-state index >= 15 is 0 Å². The Hall–Kier alpha value is -4.98. The van der Waals surface area contributed by atoms with Crippen LogP contribution in [0.2, 0.25) is 0 Å². The minimum Gasteiger partial charge on any atom is -0.481 e. The number of pyridine rings is 2. The number of benzene rings is 2. The third kappa shape index (κ3) is 4.61. The number of ether oxygens (including phenoxy) is 1. The molecule has 1 saturated carbocycles. The lowest BCUT2D eigenvalue weighted by Gasteiger charge is -2.11. The molecule has 1 fully saturated rings. The monoisotopic (exact) mass is 518 g/mol. The first-order chi connectivity index (χ1) is 19.0. The topological polar surface area (TPSA) is 110 Å². The van der Waals surface area contributed by atoms with Crippen LogP contribution < -0.4 is 10.1 Å². The summed E-state index contributed by atoms with van der Waals surface area (Å²) >= 11 is 0. The zero-order valence-electron chi connectivity index (χ0n) is 21.5. The van der Waals surface area contributed by atoms with Crippen LogP contribution in [0.1, 0.15) is 24.1 Å². The summed E-state index contributed by atoms with van der Waals surface area (Å²) in [5.41, 5.74) is 6.20. The van der Waals surface area contributed by atoms with Gasteiger partial charge in [-0.3, -0.25) is 4.79 Å². The first-order valence-corrected chi connectivity index (χ1v) is 12.6. The smallest absolute Gasteiger partial charge is 0.314 e. The Kier molecular flexibility index (Phi) is 6.07. The zero-order chi connectivity index (χ0) is 27.0. The summed E-state index contributed by atoms with van der Waals surface area (Å²) in [6, 6.07) is 25.3. The molecule has 2 aromatic carbocycles. The third-order valence-electron chi connectivity index (χ3n) is 7.18. The van der Waals surface area contributed by atoms with Crippen LogP contribution in [0.15, 0.2) is 89.6 Å². The van der Waals surface area contributed by atoms with Gasteiger partial charge in [-0.05, 0) is 54.7 Å². The largest absolute Gasteiger partial charge is 0.481 e. The minimum atomic E-state index is -0.744.